The summed E-state index contributed by atoms with van der Waals surface area (Å²) in [5, 5.41) is 3.74. The molecular weight excluding hydrogens is 663 g/mol. The van der Waals surface area contributed by atoms with Crippen molar-refractivity contribution < 1.29 is 18.0 Å². The van der Waals surface area contributed by atoms with Crippen molar-refractivity contribution in [2.45, 2.75) is 93.9 Å². The maximum atomic E-state index is 12.8. The van der Waals surface area contributed by atoms with Crippen LogP contribution in [0.4, 0.5) is 22.7 Å². The average molecular weight is 716 g/mol. The van der Waals surface area contributed by atoms with Gasteiger partial charge in [0.1, 0.15) is 10.1 Å². The first-order valence-corrected chi connectivity index (χ1v) is 19.4. The van der Waals surface area contributed by atoms with E-state index in [0.29, 0.717) is 11.1 Å². The lowest BCUT2D eigenvalue weighted by Gasteiger charge is -2.24. The number of nitrogens with one attached hydrogen (secondary N) is 2. The zero-order valence-electron chi connectivity index (χ0n) is 32.7. The first kappa shape index (κ1) is 38.5. The number of benzene rings is 4. The van der Waals surface area contributed by atoms with Gasteiger partial charge in [-0.05, 0) is 165 Å². The van der Waals surface area contributed by atoms with Crippen molar-refractivity contribution in [2.75, 3.05) is 11.1 Å². The second-order valence-electron chi connectivity index (χ2n) is 15.0. The predicted molar refractivity (Wildman–Crippen MR) is 217 cm³/mol. The number of anilines is 3. The Hall–Kier alpha value is -4.72. The van der Waals surface area contributed by atoms with Gasteiger partial charge >= 0.3 is 0 Å². The fourth-order valence-corrected chi connectivity index (χ4v) is 7.99. The third-order valence-electron chi connectivity index (χ3n) is 10.7. The van der Waals surface area contributed by atoms with E-state index in [-0.39, 0.29) is 22.4 Å². The van der Waals surface area contributed by atoms with Gasteiger partial charge in [-0.15, -0.1) is 0 Å². The molecule has 0 bridgehead atoms. The van der Waals surface area contributed by atoms with Gasteiger partial charge in [0.05, 0.1) is 4.90 Å². The smallest absolute Gasteiger partial charge is 0.210 e. The monoisotopic (exact) mass is 715 g/mol. The lowest BCUT2D eigenvalue weighted by molar-refractivity contribution is -0.353. The predicted octanol–water partition coefficient (Wildman–Crippen LogP) is 9.31. The number of rotatable bonds is 8. The fourth-order valence-electron chi connectivity index (χ4n) is 7.27. The second-order valence-corrected chi connectivity index (χ2v) is 16.4. The SMILES string of the molecule is Cc1cc(C)c(Nc2ccc(C(=C3C=CC(=[NH+]c4c(C)cc(C)c(C)c4C)C(C(C)C)=C3)c3ccc(N)cc3S(=O)(=O)[O-])cc2C(C)C)c(C)c1C. The van der Waals surface area contributed by atoms with Crippen molar-refractivity contribution in [2.24, 2.45) is 5.92 Å². The Balaban J connectivity index is 1.79. The normalized spacial score (nSPS) is 15.1. The average Bonchev–Trinajstić information content (AvgIpc) is 3.07. The Morgan fingerprint density at radius 3 is 1.98 bits per heavy atom. The molecule has 0 unspecified atom stereocenters. The van der Waals surface area contributed by atoms with E-state index in [9.17, 15) is 13.0 Å². The molecule has 52 heavy (non-hydrogen) atoms. The molecule has 0 radical (unpaired) electrons. The second kappa shape index (κ2) is 14.7. The van der Waals surface area contributed by atoms with Crippen molar-refractivity contribution in [3.8, 4) is 0 Å². The summed E-state index contributed by atoms with van der Waals surface area (Å²) in [5.74, 6) is 0.263. The quantitative estimate of drug-likeness (QED) is 0.124. The lowest BCUT2D eigenvalue weighted by atomic mass is 9.84. The number of hydrogen-bond acceptors (Lipinski definition) is 5. The molecule has 0 saturated heterocycles. The van der Waals surface area contributed by atoms with Crippen LogP contribution in [0.1, 0.15) is 94.8 Å². The van der Waals surface area contributed by atoms with E-state index < -0.39 is 10.1 Å². The minimum absolute atomic E-state index is 0.132. The molecule has 6 nitrogen and oxygen atoms in total. The number of allylic oxidation sites excluding steroid dienone is 5. The van der Waals surface area contributed by atoms with Gasteiger partial charge in [-0.25, -0.2) is 13.4 Å². The molecule has 0 aliphatic heterocycles. The Morgan fingerprint density at radius 1 is 0.731 bits per heavy atom. The van der Waals surface area contributed by atoms with Gasteiger partial charge in [0.25, 0.3) is 0 Å². The molecule has 7 heteroatoms. The van der Waals surface area contributed by atoms with Crippen molar-refractivity contribution in [1.29, 1.82) is 0 Å². The first-order valence-electron chi connectivity index (χ1n) is 18.0. The van der Waals surface area contributed by atoms with Crippen LogP contribution in [0.25, 0.3) is 5.57 Å². The van der Waals surface area contributed by atoms with E-state index >= 15 is 0 Å². The first-order chi connectivity index (χ1) is 24.3. The highest BCUT2D eigenvalue weighted by atomic mass is 32.2. The van der Waals surface area contributed by atoms with Crippen molar-refractivity contribution in [3.63, 3.8) is 0 Å². The summed E-state index contributed by atoms with van der Waals surface area (Å²) in [6, 6.07) is 15.2. The zero-order chi connectivity index (χ0) is 38.4. The summed E-state index contributed by atoms with van der Waals surface area (Å²) in [6.45, 7) is 25.7. The third kappa shape index (κ3) is 7.57. The summed E-state index contributed by atoms with van der Waals surface area (Å²) in [6.07, 6.45) is 6.19. The highest BCUT2D eigenvalue weighted by Gasteiger charge is 2.25. The molecule has 4 aromatic carbocycles. The van der Waals surface area contributed by atoms with Gasteiger partial charge in [-0.2, -0.15) is 0 Å². The molecule has 0 heterocycles. The Bertz CT molecular complexity index is 2340. The van der Waals surface area contributed by atoms with Gasteiger partial charge in [0, 0.05) is 45.4 Å². The molecule has 0 amide bonds. The zero-order valence-corrected chi connectivity index (χ0v) is 33.5. The van der Waals surface area contributed by atoms with Crippen LogP contribution in [0.3, 0.4) is 0 Å². The summed E-state index contributed by atoms with van der Waals surface area (Å²) in [5.41, 5.74) is 24.9. The van der Waals surface area contributed by atoms with E-state index in [1.165, 1.54) is 50.6 Å². The molecule has 5 rings (SSSR count). The highest BCUT2D eigenvalue weighted by Crippen LogP contribution is 2.40. The van der Waals surface area contributed by atoms with E-state index in [4.69, 9.17) is 5.73 Å². The molecule has 4 N–H and O–H groups in total. The Kier molecular flexibility index (Phi) is 10.9. The number of nitrogens with two attached hydrogens (primary N) is 1. The highest BCUT2D eigenvalue weighted by molar-refractivity contribution is 7.85. The van der Waals surface area contributed by atoms with Gasteiger partial charge in [0.2, 0.25) is 11.4 Å². The minimum atomic E-state index is -4.88. The standard InChI is InChI=1S/C45H53N3O3S/c1-24(2)38-21-34(13-17-40(38)47-44-28(7)19-26(5)30(9)32(44)11)43(37-16-15-36(46)23-42(37)52(49,50)51)35-14-18-41(39(22-35)25(3)4)48-45-29(8)20-27(6)31(10)33(45)12/h13-25,47H,46H2,1-12H3,(H,49,50,51). The fraction of sp³-hybridized carbons (Fsp3) is 0.311. The van der Waals surface area contributed by atoms with Crippen LogP contribution < -0.4 is 16.0 Å². The van der Waals surface area contributed by atoms with E-state index in [1.54, 1.807) is 12.1 Å². The number of nitrogen functional groups attached to an aromatic ring is 1. The van der Waals surface area contributed by atoms with E-state index in [1.807, 2.05) is 12.1 Å². The van der Waals surface area contributed by atoms with Crippen LogP contribution in [0.15, 0.2) is 82.8 Å². The Morgan fingerprint density at radius 2 is 1.37 bits per heavy atom. The van der Waals surface area contributed by atoms with Crippen molar-refractivity contribution in [1.82, 2.24) is 0 Å². The largest absolute Gasteiger partial charge is 0.744 e. The summed E-state index contributed by atoms with van der Waals surface area (Å²) in [7, 11) is -4.88. The molecule has 1 aliphatic carbocycles. The molecule has 0 aromatic heterocycles. The van der Waals surface area contributed by atoms with Gasteiger partial charge < -0.3 is 15.6 Å². The third-order valence-corrected chi connectivity index (χ3v) is 11.6. The van der Waals surface area contributed by atoms with Crippen LogP contribution in [-0.4, -0.2) is 18.7 Å². The maximum Gasteiger partial charge on any atom is 0.210 e. The number of hydrogen-bond donors (Lipinski definition) is 3. The molecular formula is C45H53N3O3S. The molecule has 272 valence electrons. The molecule has 1 aliphatic rings. The van der Waals surface area contributed by atoms with Crippen LogP contribution in [0, 0.1) is 61.3 Å². The molecule has 0 spiro atoms. The van der Waals surface area contributed by atoms with Crippen molar-refractivity contribution in [3.05, 3.63) is 139 Å². The maximum absolute atomic E-state index is 12.8. The van der Waals surface area contributed by atoms with Crippen LogP contribution >= 0.6 is 0 Å². The summed E-state index contributed by atoms with van der Waals surface area (Å²) < 4.78 is 38.5. The van der Waals surface area contributed by atoms with Crippen LogP contribution in [0.5, 0.6) is 0 Å². The van der Waals surface area contributed by atoms with E-state index in [0.717, 1.165) is 45.0 Å². The Labute approximate surface area is 311 Å². The van der Waals surface area contributed by atoms with Crippen molar-refractivity contribution >= 4 is 44.2 Å². The van der Waals surface area contributed by atoms with E-state index in [2.05, 4.69) is 130 Å². The molecule has 0 saturated carbocycles. The lowest BCUT2D eigenvalue weighted by Crippen LogP contribution is -2.67. The van der Waals surface area contributed by atoms with Crippen LogP contribution in [0.2, 0.25) is 0 Å². The minimum Gasteiger partial charge on any atom is -0.744 e. The summed E-state index contributed by atoms with van der Waals surface area (Å²) in [4.78, 5) is 3.40. The van der Waals surface area contributed by atoms with Gasteiger partial charge in [-0.1, -0.05) is 45.9 Å². The van der Waals surface area contributed by atoms with Crippen LogP contribution in [-0.2, 0) is 10.1 Å². The topological polar surface area (TPSA) is 109 Å². The molecule has 4 aromatic rings. The summed E-state index contributed by atoms with van der Waals surface area (Å²) >= 11 is 0. The number of aryl methyl sites for hydroxylation is 4. The molecule has 0 atom stereocenters. The molecule has 0 fully saturated rings. The van der Waals surface area contributed by atoms with Gasteiger partial charge in [0.15, 0.2) is 0 Å². The van der Waals surface area contributed by atoms with Gasteiger partial charge in [-0.3, -0.25) is 0 Å².